The number of pyridine rings is 1. The number of hydrogen-bond donors (Lipinski definition) is 1. The summed E-state index contributed by atoms with van der Waals surface area (Å²) in [7, 11) is 0. The van der Waals surface area contributed by atoms with Crippen LogP contribution in [0.4, 0.5) is 5.69 Å². The van der Waals surface area contributed by atoms with E-state index in [4.69, 9.17) is 0 Å². The van der Waals surface area contributed by atoms with Crippen molar-refractivity contribution in [1.82, 2.24) is 14.8 Å². The van der Waals surface area contributed by atoms with Crippen LogP contribution in [0.25, 0.3) is 10.8 Å². The molecule has 0 bridgehead atoms. The first-order valence-corrected chi connectivity index (χ1v) is 9.88. The molecule has 1 aromatic carbocycles. The average molecular weight is 382 g/mol. The van der Waals surface area contributed by atoms with Gasteiger partial charge in [0, 0.05) is 11.9 Å². The molecule has 0 aliphatic carbocycles. The Morgan fingerprint density at radius 3 is 2.56 bits per heavy atom. The van der Waals surface area contributed by atoms with Crippen LogP contribution in [0, 0.1) is 5.92 Å². The van der Waals surface area contributed by atoms with E-state index >= 15 is 0 Å². The van der Waals surface area contributed by atoms with Crippen LogP contribution in [-0.4, -0.2) is 26.4 Å². The highest BCUT2D eigenvalue weighted by Crippen LogP contribution is 2.18. The minimum Gasteiger partial charge on any atom is -0.319 e. The number of rotatable bonds is 6. The van der Waals surface area contributed by atoms with Crippen molar-refractivity contribution < 1.29 is 4.79 Å². The summed E-state index contributed by atoms with van der Waals surface area (Å²) in [6.45, 7) is 6.52. The van der Waals surface area contributed by atoms with Gasteiger partial charge in [-0.25, -0.2) is 9.67 Å². The molecule has 0 aliphatic rings. The zero-order valence-corrected chi connectivity index (χ0v) is 16.4. The van der Waals surface area contributed by atoms with Gasteiger partial charge >= 0.3 is 0 Å². The van der Waals surface area contributed by atoms with Gasteiger partial charge < -0.3 is 5.32 Å². The summed E-state index contributed by atoms with van der Waals surface area (Å²) in [6, 6.07) is 10.7. The number of fused-ring (bicyclic) bond motifs is 1. The third-order valence-electron chi connectivity index (χ3n) is 3.91. The van der Waals surface area contributed by atoms with Crippen molar-refractivity contribution in [2.75, 3.05) is 11.1 Å². The molecule has 140 valence electrons. The molecule has 0 atom stereocenters. The van der Waals surface area contributed by atoms with E-state index in [1.807, 2.05) is 26.0 Å². The third kappa shape index (κ3) is 4.36. The lowest BCUT2D eigenvalue weighted by molar-refractivity contribution is 0.102. The van der Waals surface area contributed by atoms with Crippen molar-refractivity contribution in [3.63, 3.8) is 0 Å². The topological polar surface area (TPSA) is 76.9 Å². The molecule has 1 amide bonds. The maximum atomic E-state index is 12.9. The second kappa shape index (κ2) is 8.35. The number of carbonyl (C=O) groups is 1. The van der Waals surface area contributed by atoms with Crippen LogP contribution in [-0.2, 0) is 6.54 Å². The molecule has 2 heterocycles. The molecule has 0 aliphatic heterocycles. The fourth-order valence-electron chi connectivity index (χ4n) is 2.75. The molecule has 3 aromatic rings. The van der Waals surface area contributed by atoms with E-state index in [-0.39, 0.29) is 23.1 Å². The number of nitrogens with one attached hydrogen (secondary N) is 1. The number of anilines is 1. The van der Waals surface area contributed by atoms with Crippen LogP contribution in [0.1, 0.15) is 31.3 Å². The molecular weight excluding hydrogens is 360 g/mol. The molecule has 0 spiro atoms. The largest absolute Gasteiger partial charge is 0.319 e. The SMILES string of the molecule is CCSc1ccc(NC(=O)c2nn(CC(C)C)c(=O)c3ccccc23)cn1. The van der Waals surface area contributed by atoms with E-state index < -0.39 is 0 Å². The van der Waals surface area contributed by atoms with Gasteiger partial charge in [0.05, 0.1) is 22.3 Å². The molecule has 1 N–H and O–H groups in total. The van der Waals surface area contributed by atoms with Gasteiger partial charge in [-0.3, -0.25) is 9.59 Å². The summed E-state index contributed by atoms with van der Waals surface area (Å²) in [5, 5.41) is 9.13. The highest BCUT2D eigenvalue weighted by molar-refractivity contribution is 7.99. The average Bonchev–Trinajstić information content (AvgIpc) is 2.65. The summed E-state index contributed by atoms with van der Waals surface area (Å²) in [5.41, 5.74) is 0.643. The van der Waals surface area contributed by atoms with Crippen molar-refractivity contribution in [3.05, 3.63) is 58.6 Å². The molecule has 7 heteroatoms. The summed E-state index contributed by atoms with van der Waals surface area (Å²) < 4.78 is 1.38. The van der Waals surface area contributed by atoms with E-state index in [0.29, 0.717) is 23.0 Å². The van der Waals surface area contributed by atoms with Crippen LogP contribution in [0.15, 0.2) is 52.4 Å². The first-order valence-electron chi connectivity index (χ1n) is 8.89. The Balaban J connectivity index is 1.98. The van der Waals surface area contributed by atoms with E-state index in [1.165, 1.54) is 4.68 Å². The number of hydrogen-bond acceptors (Lipinski definition) is 5. The Kier molecular flexibility index (Phi) is 5.91. The van der Waals surface area contributed by atoms with Gasteiger partial charge in [0.15, 0.2) is 5.69 Å². The number of benzene rings is 1. The molecule has 2 aromatic heterocycles. The lowest BCUT2D eigenvalue weighted by Crippen LogP contribution is -2.29. The maximum absolute atomic E-state index is 12.9. The summed E-state index contributed by atoms with van der Waals surface area (Å²) in [5.74, 6) is 0.813. The van der Waals surface area contributed by atoms with Gasteiger partial charge in [0.2, 0.25) is 0 Å². The number of aromatic nitrogens is 3. The van der Waals surface area contributed by atoms with Crippen molar-refractivity contribution in [1.29, 1.82) is 0 Å². The molecule has 0 saturated heterocycles. The number of thioether (sulfide) groups is 1. The summed E-state index contributed by atoms with van der Waals surface area (Å²) >= 11 is 1.64. The van der Waals surface area contributed by atoms with Crippen LogP contribution >= 0.6 is 11.8 Å². The van der Waals surface area contributed by atoms with E-state index in [1.54, 1.807) is 42.2 Å². The molecule has 0 unspecified atom stereocenters. The summed E-state index contributed by atoms with van der Waals surface area (Å²) in [4.78, 5) is 29.8. The highest BCUT2D eigenvalue weighted by atomic mass is 32.2. The second-order valence-corrected chi connectivity index (χ2v) is 7.83. The lowest BCUT2D eigenvalue weighted by atomic mass is 10.1. The normalized spacial score (nSPS) is 11.1. The quantitative estimate of drug-likeness (QED) is 0.656. The van der Waals surface area contributed by atoms with Gasteiger partial charge in [-0.2, -0.15) is 5.10 Å². The maximum Gasteiger partial charge on any atom is 0.276 e. The third-order valence-corrected chi connectivity index (χ3v) is 4.73. The van der Waals surface area contributed by atoms with Gasteiger partial charge in [-0.15, -0.1) is 11.8 Å². The molecule has 0 fully saturated rings. The minimum atomic E-state index is -0.360. The van der Waals surface area contributed by atoms with Crippen molar-refractivity contribution >= 4 is 34.1 Å². The first-order chi connectivity index (χ1) is 13.0. The Bertz CT molecular complexity index is 1010. The second-order valence-electron chi connectivity index (χ2n) is 6.55. The van der Waals surface area contributed by atoms with E-state index in [2.05, 4.69) is 22.3 Å². The lowest BCUT2D eigenvalue weighted by Gasteiger charge is -2.12. The Labute approximate surface area is 162 Å². The summed E-state index contributed by atoms with van der Waals surface area (Å²) in [6.07, 6.45) is 1.63. The number of amides is 1. The fourth-order valence-corrected chi connectivity index (χ4v) is 3.34. The van der Waals surface area contributed by atoms with Gasteiger partial charge in [-0.1, -0.05) is 39.0 Å². The Hall–Kier alpha value is -2.67. The Morgan fingerprint density at radius 1 is 1.19 bits per heavy atom. The van der Waals surface area contributed by atoms with E-state index in [0.717, 1.165) is 10.8 Å². The minimum absolute atomic E-state index is 0.182. The van der Waals surface area contributed by atoms with Crippen LogP contribution < -0.4 is 10.9 Å². The van der Waals surface area contributed by atoms with Gasteiger partial charge in [-0.05, 0) is 29.9 Å². The first kappa shape index (κ1) is 19.1. The molecule has 6 nitrogen and oxygen atoms in total. The van der Waals surface area contributed by atoms with Crippen LogP contribution in [0.3, 0.4) is 0 Å². The molecule has 3 rings (SSSR count). The Morgan fingerprint density at radius 2 is 1.93 bits per heavy atom. The zero-order valence-electron chi connectivity index (χ0n) is 15.6. The van der Waals surface area contributed by atoms with Gasteiger partial charge in [0.25, 0.3) is 11.5 Å². The van der Waals surface area contributed by atoms with Crippen LogP contribution in [0.2, 0.25) is 0 Å². The van der Waals surface area contributed by atoms with E-state index in [9.17, 15) is 9.59 Å². The van der Waals surface area contributed by atoms with Crippen molar-refractivity contribution in [3.8, 4) is 0 Å². The monoisotopic (exact) mass is 382 g/mol. The van der Waals surface area contributed by atoms with Crippen LogP contribution in [0.5, 0.6) is 0 Å². The predicted molar refractivity (Wildman–Crippen MR) is 109 cm³/mol. The molecular formula is C20H22N4O2S. The standard InChI is InChI=1S/C20H22N4O2S/c1-4-27-17-10-9-14(11-21-17)22-19(25)18-15-7-5-6-8-16(15)20(26)24(23-18)12-13(2)3/h5-11,13H,4,12H2,1-3H3,(H,22,25). The van der Waals surface area contributed by atoms with Crippen molar-refractivity contribution in [2.45, 2.75) is 32.3 Å². The zero-order chi connectivity index (χ0) is 19.4. The predicted octanol–water partition coefficient (Wildman–Crippen LogP) is 3.81. The molecule has 0 saturated carbocycles. The molecule has 27 heavy (non-hydrogen) atoms. The number of nitrogens with zero attached hydrogens (tertiary/aromatic N) is 3. The number of carbonyl (C=O) groups excluding carboxylic acids is 1. The fraction of sp³-hybridized carbons (Fsp3) is 0.300. The molecule has 0 radical (unpaired) electrons. The van der Waals surface area contributed by atoms with Gasteiger partial charge in [0.1, 0.15) is 0 Å². The van der Waals surface area contributed by atoms with Crippen molar-refractivity contribution in [2.24, 2.45) is 5.92 Å². The highest BCUT2D eigenvalue weighted by Gasteiger charge is 2.17. The smallest absolute Gasteiger partial charge is 0.276 e.